The van der Waals surface area contributed by atoms with Crippen molar-refractivity contribution < 1.29 is 23.8 Å². The Morgan fingerprint density at radius 2 is 1.57 bits per heavy atom. The van der Waals surface area contributed by atoms with E-state index in [0.29, 0.717) is 40.4 Å². The van der Waals surface area contributed by atoms with Crippen LogP contribution in [0.1, 0.15) is 44.2 Å². The van der Waals surface area contributed by atoms with Crippen molar-refractivity contribution in [3.05, 3.63) is 114 Å². The number of nitrogens with zero attached hydrogens (tertiary/aromatic N) is 2. The van der Waals surface area contributed by atoms with Gasteiger partial charge in [0, 0.05) is 28.7 Å². The first-order valence-corrected chi connectivity index (χ1v) is 13.9. The Labute approximate surface area is 247 Å². The minimum atomic E-state index is -0.830. The molecule has 0 aliphatic carbocycles. The predicted molar refractivity (Wildman–Crippen MR) is 163 cm³/mol. The number of rotatable bonds is 12. The van der Waals surface area contributed by atoms with E-state index in [2.05, 4.69) is 25.4 Å². The van der Waals surface area contributed by atoms with Gasteiger partial charge in [-0.2, -0.15) is 5.10 Å². The van der Waals surface area contributed by atoms with Gasteiger partial charge in [0.15, 0.2) is 0 Å². The first-order chi connectivity index (χ1) is 20.3. The molecule has 0 radical (unpaired) electrons. The zero-order valence-corrected chi connectivity index (χ0v) is 24.6. The van der Waals surface area contributed by atoms with E-state index < -0.39 is 17.9 Å². The molecule has 42 heavy (non-hydrogen) atoms. The van der Waals surface area contributed by atoms with Gasteiger partial charge in [-0.1, -0.05) is 50.4 Å². The summed E-state index contributed by atoms with van der Waals surface area (Å²) >= 11 is 0. The van der Waals surface area contributed by atoms with Gasteiger partial charge in [-0.15, -0.1) is 0 Å². The molecule has 1 N–H and O–H groups in total. The van der Waals surface area contributed by atoms with Gasteiger partial charge >= 0.3 is 11.9 Å². The summed E-state index contributed by atoms with van der Waals surface area (Å²) in [6.07, 6.45) is 5.77. The number of carbonyl (C=O) groups excluding carboxylic acids is 2. The zero-order valence-electron chi connectivity index (χ0n) is 24.6. The highest BCUT2D eigenvalue weighted by atomic mass is 16.5. The minimum Gasteiger partial charge on any atom is -0.494 e. The molecule has 1 aliphatic rings. The normalized spacial score (nSPS) is 13.4. The van der Waals surface area contributed by atoms with E-state index in [1.165, 1.54) is 12.2 Å². The molecule has 2 heterocycles. The van der Waals surface area contributed by atoms with Gasteiger partial charge in [0.2, 0.25) is 0 Å². The number of nitrogens with one attached hydrogen (secondary N) is 1. The number of carbonyl (C=O) groups is 2. The van der Waals surface area contributed by atoms with Crippen LogP contribution in [0.15, 0.2) is 103 Å². The number of allylic oxidation sites excluding steroid dienone is 2. The van der Waals surface area contributed by atoms with Gasteiger partial charge in [-0.3, -0.25) is 0 Å². The van der Waals surface area contributed by atoms with Crippen LogP contribution in [0.4, 0.5) is 0 Å². The highest BCUT2D eigenvalue weighted by Crippen LogP contribution is 2.44. The van der Waals surface area contributed by atoms with Crippen LogP contribution in [0.5, 0.6) is 5.75 Å². The first-order valence-electron chi connectivity index (χ1n) is 13.9. The maximum Gasteiger partial charge on any atom is 0.337 e. The molecule has 8 nitrogen and oxygen atoms in total. The molecule has 4 rings (SSSR count). The number of hydrogen-bond donors (Lipinski definition) is 1. The summed E-state index contributed by atoms with van der Waals surface area (Å²) in [5.41, 5.74) is 5.61. The standard InChI is InChI=1S/C34H37N3O5/c1-7-17-40-26-15-16-27(22(4)20-26)32-28(21-37(36-32)25-13-11-10-12-14-25)31-29(33(38)41-18-8-2)23(5)35-24(6)30(31)34(39)42-19-9-3/h8-16,20-21,31,35H,2-3,7,17-19H2,1,4-6H3. The van der Waals surface area contributed by atoms with Crippen molar-refractivity contribution in [2.75, 3.05) is 19.8 Å². The second-order valence-electron chi connectivity index (χ2n) is 9.95. The van der Waals surface area contributed by atoms with E-state index >= 15 is 0 Å². The lowest BCUT2D eigenvalue weighted by atomic mass is 9.79. The number of para-hydroxylation sites is 1. The number of ether oxygens (including phenoxy) is 3. The van der Waals surface area contributed by atoms with E-state index in [1.807, 2.05) is 61.7 Å². The molecule has 0 fully saturated rings. The van der Waals surface area contributed by atoms with Gasteiger partial charge in [0.1, 0.15) is 19.0 Å². The van der Waals surface area contributed by atoms with E-state index in [-0.39, 0.29) is 13.2 Å². The zero-order chi connectivity index (χ0) is 30.2. The third-order valence-electron chi connectivity index (χ3n) is 6.86. The fourth-order valence-corrected chi connectivity index (χ4v) is 5.00. The van der Waals surface area contributed by atoms with Gasteiger partial charge in [0.05, 0.1) is 35.1 Å². The molecule has 0 atom stereocenters. The smallest absolute Gasteiger partial charge is 0.337 e. The Balaban J connectivity index is 1.98. The van der Waals surface area contributed by atoms with Crippen molar-refractivity contribution in [2.45, 2.75) is 40.0 Å². The number of hydrogen-bond acceptors (Lipinski definition) is 7. The van der Waals surface area contributed by atoms with Crippen molar-refractivity contribution in [1.82, 2.24) is 15.1 Å². The summed E-state index contributed by atoms with van der Waals surface area (Å²) in [4.78, 5) is 27.1. The second-order valence-corrected chi connectivity index (χ2v) is 9.95. The lowest BCUT2D eigenvalue weighted by molar-refractivity contribution is -0.138. The third-order valence-corrected chi connectivity index (χ3v) is 6.86. The number of aromatic nitrogens is 2. The van der Waals surface area contributed by atoms with Crippen LogP contribution in [0, 0.1) is 6.92 Å². The first kappa shape index (κ1) is 30.1. The van der Waals surface area contributed by atoms with Crippen LogP contribution in [0.3, 0.4) is 0 Å². The Morgan fingerprint density at radius 3 is 2.12 bits per heavy atom. The van der Waals surface area contributed by atoms with E-state index in [4.69, 9.17) is 19.3 Å². The quantitative estimate of drug-likeness (QED) is 0.202. The fourth-order valence-electron chi connectivity index (χ4n) is 5.00. The Hall–Kier alpha value is -4.85. The Morgan fingerprint density at radius 1 is 0.952 bits per heavy atom. The van der Waals surface area contributed by atoms with Crippen molar-refractivity contribution in [3.8, 4) is 22.7 Å². The van der Waals surface area contributed by atoms with Gasteiger partial charge in [0.25, 0.3) is 0 Å². The third kappa shape index (κ3) is 6.38. The molecular weight excluding hydrogens is 530 g/mol. The van der Waals surface area contributed by atoms with Crippen molar-refractivity contribution in [1.29, 1.82) is 0 Å². The number of esters is 2. The summed E-state index contributed by atoms with van der Waals surface area (Å²) in [7, 11) is 0. The van der Waals surface area contributed by atoms with Gasteiger partial charge in [-0.25, -0.2) is 14.3 Å². The van der Waals surface area contributed by atoms with E-state index in [0.717, 1.165) is 29.0 Å². The van der Waals surface area contributed by atoms with Crippen LogP contribution < -0.4 is 10.1 Å². The van der Waals surface area contributed by atoms with E-state index in [1.54, 1.807) is 18.5 Å². The molecule has 0 unspecified atom stereocenters. The van der Waals surface area contributed by atoms with Crippen LogP contribution in [0.2, 0.25) is 0 Å². The SMILES string of the molecule is C=CCOC(=O)C1=C(C)NC(C)=C(C(=O)OCC=C)C1c1cn(-c2ccccc2)nc1-c1ccc(OCCC)cc1C. The minimum absolute atomic E-state index is 0.0235. The van der Waals surface area contributed by atoms with Crippen LogP contribution in [0.25, 0.3) is 16.9 Å². The number of aryl methyl sites for hydroxylation is 1. The second kappa shape index (κ2) is 13.7. The maximum absolute atomic E-state index is 13.6. The molecular formula is C34H37N3O5. The average molecular weight is 568 g/mol. The average Bonchev–Trinajstić information content (AvgIpc) is 3.42. The van der Waals surface area contributed by atoms with Crippen molar-refractivity contribution in [3.63, 3.8) is 0 Å². The largest absolute Gasteiger partial charge is 0.494 e. The summed E-state index contributed by atoms with van der Waals surface area (Å²) in [6, 6.07) is 15.5. The molecule has 2 aromatic carbocycles. The van der Waals surface area contributed by atoms with Crippen LogP contribution in [-0.4, -0.2) is 41.5 Å². The maximum atomic E-state index is 13.6. The topological polar surface area (TPSA) is 91.7 Å². The molecule has 0 saturated carbocycles. The lowest BCUT2D eigenvalue weighted by Crippen LogP contribution is -2.32. The monoisotopic (exact) mass is 567 g/mol. The molecule has 218 valence electrons. The number of dihydropyridines is 1. The Kier molecular flexibility index (Phi) is 9.81. The summed E-state index contributed by atoms with van der Waals surface area (Å²) in [5.74, 6) is -1.20. The molecule has 1 aliphatic heterocycles. The summed E-state index contributed by atoms with van der Waals surface area (Å²) in [6.45, 7) is 15.6. The molecule has 0 amide bonds. The molecule has 8 heteroatoms. The Bertz CT molecular complexity index is 1500. The molecule has 0 spiro atoms. The molecule has 1 aromatic heterocycles. The fraction of sp³-hybridized carbons (Fsp3) is 0.265. The molecule has 0 saturated heterocycles. The summed E-state index contributed by atoms with van der Waals surface area (Å²) in [5, 5.41) is 8.21. The van der Waals surface area contributed by atoms with Crippen molar-refractivity contribution >= 4 is 11.9 Å². The molecule has 0 bridgehead atoms. The lowest BCUT2D eigenvalue weighted by Gasteiger charge is -2.30. The van der Waals surface area contributed by atoms with Crippen molar-refractivity contribution in [2.24, 2.45) is 0 Å². The highest BCUT2D eigenvalue weighted by Gasteiger charge is 2.40. The van der Waals surface area contributed by atoms with Crippen LogP contribution >= 0.6 is 0 Å². The number of benzene rings is 2. The van der Waals surface area contributed by atoms with E-state index in [9.17, 15) is 9.59 Å². The predicted octanol–water partition coefficient (Wildman–Crippen LogP) is 6.33. The highest BCUT2D eigenvalue weighted by molar-refractivity contribution is 6.00. The molecule has 3 aromatic rings. The van der Waals surface area contributed by atoms with Crippen LogP contribution in [-0.2, 0) is 19.1 Å². The summed E-state index contributed by atoms with van der Waals surface area (Å²) < 4.78 is 18.7. The van der Waals surface area contributed by atoms with Gasteiger partial charge < -0.3 is 19.5 Å². The van der Waals surface area contributed by atoms with Gasteiger partial charge in [-0.05, 0) is 63.1 Å².